The molecule has 13 heteroatoms. The Kier molecular flexibility index (Phi) is 8.00. The number of pyridine rings is 1. The summed E-state index contributed by atoms with van der Waals surface area (Å²) in [6.07, 6.45) is 2.18. The van der Waals surface area contributed by atoms with Gasteiger partial charge in [0.15, 0.2) is 5.82 Å². The summed E-state index contributed by atoms with van der Waals surface area (Å²) in [6.45, 7) is -0.0166. The number of carbonyl (C=O) groups is 2. The molecule has 1 aromatic carbocycles. The molecule has 4 aromatic rings. The van der Waals surface area contributed by atoms with Gasteiger partial charge in [0.05, 0.1) is 30.5 Å². The van der Waals surface area contributed by atoms with Crippen molar-refractivity contribution in [3.8, 4) is 23.2 Å². The van der Waals surface area contributed by atoms with Crippen LogP contribution in [0.1, 0.15) is 38.8 Å². The van der Waals surface area contributed by atoms with Crippen molar-refractivity contribution >= 4 is 34.7 Å². The van der Waals surface area contributed by atoms with E-state index >= 15 is 0 Å². The number of aliphatic hydroxyl groups excluding tert-OH is 1. The molecule has 4 rings (SSSR count). The van der Waals surface area contributed by atoms with E-state index < -0.39 is 17.9 Å². The minimum atomic E-state index is -0.790. The highest BCUT2D eigenvalue weighted by Gasteiger charge is 2.22. The fourth-order valence-corrected chi connectivity index (χ4v) is 3.97. The van der Waals surface area contributed by atoms with Crippen LogP contribution in [0.25, 0.3) is 16.8 Å². The summed E-state index contributed by atoms with van der Waals surface area (Å²) >= 11 is 5.89. The second-order valence-electron chi connectivity index (χ2n) is 8.08. The van der Waals surface area contributed by atoms with Crippen LogP contribution in [-0.4, -0.2) is 56.7 Å². The van der Waals surface area contributed by atoms with E-state index in [4.69, 9.17) is 27.3 Å². The van der Waals surface area contributed by atoms with Crippen LogP contribution < -0.4 is 21.1 Å². The molecule has 0 fully saturated rings. The zero-order chi connectivity index (χ0) is 27.2. The number of carbonyl (C=O) groups excluding carboxylic acids is 2. The van der Waals surface area contributed by atoms with Gasteiger partial charge in [-0.2, -0.15) is 10.4 Å². The number of methoxy groups -OCH3 is 1. The predicted molar refractivity (Wildman–Crippen MR) is 138 cm³/mol. The third kappa shape index (κ3) is 5.49. The fourth-order valence-electron chi connectivity index (χ4n) is 3.85. The van der Waals surface area contributed by atoms with Crippen molar-refractivity contribution in [2.75, 3.05) is 25.9 Å². The van der Waals surface area contributed by atoms with Crippen LogP contribution in [0.3, 0.4) is 0 Å². The van der Waals surface area contributed by atoms with Crippen molar-refractivity contribution in [3.63, 3.8) is 0 Å². The lowest BCUT2D eigenvalue weighted by Crippen LogP contribution is -2.26. The van der Waals surface area contributed by atoms with Gasteiger partial charge in [0.2, 0.25) is 5.88 Å². The van der Waals surface area contributed by atoms with Gasteiger partial charge in [0.1, 0.15) is 24.0 Å². The molecule has 0 radical (unpaired) electrons. The number of benzene rings is 1. The normalized spacial score (nSPS) is 11.5. The number of nitrogens with two attached hydrogens (primary N) is 1. The Labute approximate surface area is 222 Å². The highest BCUT2D eigenvalue weighted by Crippen LogP contribution is 2.30. The molecule has 12 nitrogen and oxygen atoms in total. The first kappa shape index (κ1) is 26.3. The third-order valence-corrected chi connectivity index (χ3v) is 5.95. The molecular formula is C25H23ClN8O4. The van der Waals surface area contributed by atoms with Crippen molar-refractivity contribution in [2.24, 2.45) is 0 Å². The summed E-state index contributed by atoms with van der Waals surface area (Å²) in [7, 11) is 1.39. The first-order chi connectivity index (χ1) is 18.3. The smallest absolute Gasteiger partial charge is 0.256 e. The molecule has 0 aliphatic carbocycles. The molecule has 0 saturated carbocycles. The van der Waals surface area contributed by atoms with Crippen LogP contribution in [0, 0.1) is 11.3 Å². The van der Waals surface area contributed by atoms with Crippen LogP contribution in [0.15, 0.2) is 48.9 Å². The molecule has 38 heavy (non-hydrogen) atoms. The first-order valence-corrected chi connectivity index (χ1v) is 11.7. The number of ether oxygens (including phenoxy) is 1. The molecule has 3 aromatic heterocycles. The van der Waals surface area contributed by atoms with Crippen molar-refractivity contribution in [1.29, 1.82) is 5.26 Å². The zero-order valence-corrected chi connectivity index (χ0v) is 20.9. The van der Waals surface area contributed by atoms with E-state index in [1.165, 1.54) is 30.2 Å². The average molecular weight is 535 g/mol. The number of aromatic nitrogens is 4. The highest BCUT2D eigenvalue weighted by atomic mass is 35.5. The van der Waals surface area contributed by atoms with Crippen molar-refractivity contribution in [3.05, 3.63) is 70.6 Å². The molecule has 194 valence electrons. The molecule has 0 aliphatic rings. The van der Waals surface area contributed by atoms with Gasteiger partial charge in [-0.1, -0.05) is 23.7 Å². The summed E-state index contributed by atoms with van der Waals surface area (Å²) in [6, 6.07) is 11.7. The van der Waals surface area contributed by atoms with E-state index in [2.05, 4.69) is 25.7 Å². The maximum atomic E-state index is 13.0. The number of fused-ring (bicyclic) bond motifs is 1. The maximum Gasteiger partial charge on any atom is 0.256 e. The number of halogens is 1. The molecular weight excluding hydrogens is 512 g/mol. The zero-order valence-electron chi connectivity index (χ0n) is 20.2. The van der Waals surface area contributed by atoms with E-state index in [-0.39, 0.29) is 47.9 Å². The van der Waals surface area contributed by atoms with E-state index in [0.29, 0.717) is 21.8 Å². The summed E-state index contributed by atoms with van der Waals surface area (Å²) < 4.78 is 6.69. The van der Waals surface area contributed by atoms with Gasteiger partial charge >= 0.3 is 0 Å². The molecule has 0 spiro atoms. The molecule has 0 saturated heterocycles. The second-order valence-corrected chi connectivity index (χ2v) is 8.52. The Hall–Kier alpha value is -4.73. The minimum Gasteiger partial charge on any atom is -0.480 e. The van der Waals surface area contributed by atoms with E-state index in [1.807, 2.05) is 6.07 Å². The Morgan fingerprint density at radius 3 is 2.63 bits per heavy atom. The molecule has 5 N–H and O–H groups in total. The molecule has 3 heterocycles. The van der Waals surface area contributed by atoms with Crippen LogP contribution in [0.2, 0.25) is 5.02 Å². The fraction of sp³-hybridized carbons (Fsp3) is 0.200. The number of hydrogen-bond acceptors (Lipinski definition) is 9. The van der Waals surface area contributed by atoms with E-state index in [9.17, 15) is 14.7 Å². The molecule has 2 amide bonds. The van der Waals surface area contributed by atoms with Crippen LogP contribution in [0.4, 0.5) is 5.82 Å². The summed E-state index contributed by atoms with van der Waals surface area (Å²) in [5, 5.41) is 29.2. The van der Waals surface area contributed by atoms with Crippen LogP contribution in [0.5, 0.6) is 5.88 Å². The van der Waals surface area contributed by atoms with Gasteiger partial charge in [0, 0.05) is 23.3 Å². The van der Waals surface area contributed by atoms with Gasteiger partial charge < -0.3 is 26.2 Å². The summed E-state index contributed by atoms with van der Waals surface area (Å²) in [4.78, 5) is 33.9. The Morgan fingerprint density at radius 2 is 1.92 bits per heavy atom. The van der Waals surface area contributed by atoms with Gasteiger partial charge in [-0.3, -0.25) is 9.59 Å². The van der Waals surface area contributed by atoms with Gasteiger partial charge in [-0.25, -0.2) is 14.5 Å². The minimum absolute atomic E-state index is 0.0621. The van der Waals surface area contributed by atoms with E-state index in [0.717, 1.165) is 0 Å². The van der Waals surface area contributed by atoms with Crippen molar-refractivity contribution in [2.45, 2.75) is 12.5 Å². The first-order valence-electron chi connectivity index (χ1n) is 11.4. The predicted octanol–water partition coefficient (Wildman–Crippen LogP) is 2.14. The Balaban J connectivity index is 1.60. The highest BCUT2D eigenvalue weighted by molar-refractivity contribution is 6.30. The standard InChI is InChI=1S/C25H23ClN8O4/c1-38-25-18(24(37)29-8-6-20(35)14-2-4-16(26)5-3-14)10-15(12-31-25)19-11-17(23(36)30-9-7-27)21-22(28)32-13-33-34(19)21/h2-5,10-13,20,35H,6,8-9H2,1H3,(H,29,37)(H,30,36)(H2,28,32,33)/t20-/m0/s1. The van der Waals surface area contributed by atoms with Gasteiger partial charge in [-0.05, 0) is 36.2 Å². The summed E-state index contributed by atoms with van der Waals surface area (Å²) in [5.41, 5.74) is 8.11. The number of nitrogens with one attached hydrogen (secondary N) is 2. The number of nitrogen functional groups attached to an aromatic ring is 1. The van der Waals surface area contributed by atoms with Crippen molar-refractivity contribution < 1.29 is 19.4 Å². The lowest BCUT2D eigenvalue weighted by molar-refractivity contribution is 0.0935. The topological polar surface area (TPSA) is 181 Å². The lowest BCUT2D eigenvalue weighted by atomic mass is 10.1. The number of anilines is 1. The molecule has 0 aliphatic heterocycles. The average Bonchev–Trinajstić information content (AvgIpc) is 3.32. The number of amides is 2. The molecule has 1 atom stereocenters. The maximum absolute atomic E-state index is 13.0. The molecule has 0 bridgehead atoms. The van der Waals surface area contributed by atoms with E-state index in [1.54, 1.807) is 30.3 Å². The summed E-state index contributed by atoms with van der Waals surface area (Å²) in [5.74, 6) is -0.851. The SMILES string of the molecule is COc1ncc(-c2cc(C(=O)NCC#N)c3c(N)ncnn23)cc1C(=O)NCC[C@H](O)c1ccc(Cl)cc1. The Bertz CT molecular complexity index is 1530. The number of nitriles is 1. The lowest BCUT2D eigenvalue weighted by Gasteiger charge is -2.13. The largest absolute Gasteiger partial charge is 0.480 e. The van der Waals surface area contributed by atoms with Gasteiger partial charge in [0.25, 0.3) is 11.8 Å². The Morgan fingerprint density at radius 1 is 1.18 bits per heavy atom. The number of nitrogens with zero attached hydrogens (tertiary/aromatic N) is 5. The second kappa shape index (κ2) is 11.5. The van der Waals surface area contributed by atoms with Crippen LogP contribution in [-0.2, 0) is 0 Å². The quantitative estimate of drug-likeness (QED) is 0.234. The van der Waals surface area contributed by atoms with Crippen LogP contribution >= 0.6 is 11.6 Å². The molecule has 0 unspecified atom stereocenters. The number of aliphatic hydroxyl groups is 1. The van der Waals surface area contributed by atoms with Crippen molar-refractivity contribution in [1.82, 2.24) is 30.2 Å². The van der Waals surface area contributed by atoms with Gasteiger partial charge in [-0.15, -0.1) is 0 Å². The number of hydrogen-bond donors (Lipinski definition) is 4. The monoisotopic (exact) mass is 534 g/mol. The number of rotatable bonds is 9. The third-order valence-electron chi connectivity index (χ3n) is 5.70.